The molecule has 130 valence electrons. The fraction of sp³-hybridized carbons (Fsp3) is 0.0556. The van der Waals surface area contributed by atoms with E-state index in [4.69, 9.17) is 4.42 Å². The minimum absolute atomic E-state index is 0.248. The molecule has 26 heavy (non-hydrogen) atoms. The van der Waals surface area contributed by atoms with Crippen LogP contribution in [0.4, 0.5) is 5.69 Å². The van der Waals surface area contributed by atoms with Crippen LogP contribution >= 0.6 is 15.9 Å². The first-order valence-corrected chi connectivity index (χ1v) is 8.47. The molecule has 7 nitrogen and oxygen atoms in total. The molecule has 0 atom stereocenters. The fourth-order valence-electron chi connectivity index (χ4n) is 2.70. The van der Waals surface area contributed by atoms with Crippen molar-refractivity contribution in [3.63, 3.8) is 0 Å². The lowest BCUT2D eigenvalue weighted by Gasteiger charge is -2.05. The summed E-state index contributed by atoms with van der Waals surface area (Å²) in [4.78, 5) is 26.2. The normalized spacial score (nSPS) is 11.0. The highest BCUT2D eigenvalue weighted by Gasteiger charge is 2.18. The number of aromatic amines is 1. The summed E-state index contributed by atoms with van der Waals surface area (Å²) in [5, 5.41) is 7.31. The first kappa shape index (κ1) is 16.3. The van der Waals surface area contributed by atoms with E-state index in [2.05, 4.69) is 35.9 Å². The minimum Gasteiger partial charge on any atom is -0.451 e. The van der Waals surface area contributed by atoms with Gasteiger partial charge in [-0.3, -0.25) is 14.3 Å². The van der Waals surface area contributed by atoms with Gasteiger partial charge in [-0.25, -0.2) is 4.79 Å². The number of aromatic nitrogens is 2. The number of furan rings is 1. The molecule has 0 fully saturated rings. The number of carbonyl (C=O) groups is 1. The third kappa shape index (κ3) is 2.95. The third-order valence-corrected chi connectivity index (χ3v) is 4.43. The van der Waals surface area contributed by atoms with Crippen molar-refractivity contribution in [1.82, 2.24) is 10.1 Å². The first-order valence-electron chi connectivity index (χ1n) is 7.68. The number of nitrogens with zero attached hydrogens (tertiary/aromatic N) is 1. The average molecular weight is 414 g/mol. The Balaban J connectivity index is 1.64. The highest BCUT2D eigenvalue weighted by atomic mass is 79.9. The second-order valence-electron chi connectivity index (χ2n) is 5.68. The molecule has 0 bridgehead atoms. The van der Waals surface area contributed by atoms with Crippen LogP contribution in [0.5, 0.6) is 0 Å². The molecule has 0 saturated carbocycles. The van der Waals surface area contributed by atoms with Crippen molar-refractivity contribution >= 4 is 38.5 Å². The molecule has 0 radical (unpaired) electrons. The topological polar surface area (TPSA) is 101 Å². The Bertz CT molecular complexity index is 1190. The largest absolute Gasteiger partial charge is 0.451 e. The number of rotatable bonds is 3. The van der Waals surface area contributed by atoms with Gasteiger partial charge in [0.15, 0.2) is 11.6 Å². The molecule has 0 aliphatic heterocycles. The molecular weight excluding hydrogens is 402 g/mol. The van der Waals surface area contributed by atoms with Crippen LogP contribution in [-0.4, -0.2) is 16.0 Å². The maximum absolute atomic E-state index is 12.6. The van der Waals surface area contributed by atoms with Gasteiger partial charge < -0.3 is 9.73 Å². The van der Waals surface area contributed by atoms with Crippen LogP contribution in [0, 0.1) is 6.92 Å². The zero-order valence-electron chi connectivity index (χ0n) is 13.5. The van der Waals surface area contributed by atoms with E-state index in [1.807, 2.05) is 25.1 Å². The molecule has 0 saturated heterocycles. The van der Waals surface area contributed by atoms with E-state index >= 15 is 0 Å². The van der Waals surface area contributed by atoms with Gasteiger partial charge in [-0.1, -0.05) is 33.2 Å². The second kappa shape index (κ2) is 6.30. The van der Waals surface area contributed by atoms with Crippen LogP contribution in [0.15, 0.2) is 60.7 Å². The number of amides is 1. The Morgan fingerprint density at radius 1 is 1.23 bits per heavy atom. The summed E-state index contributed by atoms with van der Waals surface area (Å²) < 4.78 is 11.1. The molecule has 2 heterocycles. The van der Waals surface area contributed by atoms with Gasteiger partial charge in [0.2, 0.25) is 0 Å². The first-order chi connectivity index (χ1) is 12.5. The van der Waals surface area contributed by atoms with Gasteiger partial charge in [-0.05, 0) is 37.3 Å². The summed E-state index contributed by atoms with van der Waals surface area (Å²) in [5.41, 5.74) is 2.55. The number of H-pyrrole nitrogens is 1. The maximum atomic E-state index is 12.6. The van der Waals surface area contributed by atoms with Crippen molar-refractivity contribution in [1.29, 1.82) is 0 Å². The van der Waals surface area contributed by atoms with Crippen LogP contribution in [-0.2, 0) is 0 Å². The number of aryl methyl sites for hydroxylation is 1. The summed E-state index contributed by atoms with van der Waals surface area (Å²) in [7, 11) is 0. The number of hydrogen-bond donors (Lipinski definition) is 2. The van der Waals surface area contributed by atoms with Gasteiger partial charge >= 0.3 is 5.76 Å². The van der Waals surface area contributed by atoms with Crippen molar-refractivity contribution in [2.24, 2.45) is 0 Å². The minimum atomic E-state index is -0.640. The monoisotopic (exact) mass is 413 g/mol. The lowest BCUT2D eigenvalue weighted by molar-refractivity contribution is 0.0998. The summed E-state index contributed by atoms with van der Waals surface area (Å²) in [6, 6.07) is 12.5. The van der Waals surface area contributed by atoms with Crippen LogP contribution < -0.4 is 11.1 Å². The zero-order chi connectivity index (χ0) is 18.3. The number of benzene rings is 2. The van der Waals surface area contributed by atoms with E-state index in [1.165, 1.54) is 0 Å². The van der Waals surface area contributed by atoms with Crippen LogP contribution in [0.25, 0.3) is 22.4 Å². The molecular formula is C18H12BrN3O4. The number of anilines is 1. The van der Waals surface area contributed by atoms with Gasteiger partial charge in [-0.15, -0.1) is 0 Å². The predicted octanol–water partition coefficient (Wildman–Crippen LogP) is 4.10. The van der Waals surface area contributed by atoms with Crippen LogP contribution in [0.3, 0.4) is 0 Å². The van der Waals surface area contributed by atoms with Gasteiger partial charge in [0, 0.05) is 26.7 Å². The van der Waals surface area contributed by atoms with E-state index in [0.717, 1.165) is 15.4 Å². The van der Waals surface area contributed by atoms with Crippen molar-refractivity contribution in [2.45, 2.75) is 6.92 Å². The molecule has 2 aromatic heterocycles. The Kier molecular flexibility index (Phi) is 3.96. The van der Waals surface area contributed by atoms with E-state index in [0.29, 0.717) is 16.8 Å². The van der Waals surface area contributed by atoms with Crippen molar-refractivity contribution in [3.05, 3.63) is 68.8 Å². The molecule has 0 spiro atoms. The van der Waals surface area contributed by atoms with E-state index in [-0.39, 0.29) is 17.5 Å². The lowest BCUT2D eigenvalue weighted by atomic mass is 10.1. The van der Waals surface area contributed by atoms with E-state index < -0.39 is 5.76 Å². The fourth-order valence-corrected chi connectivity index (χ4v) is 3.06. The Morgan fingerprint density at radius 3 is 2.85 bits per heavy atom. The summed E-state index contributed by atoms with van der Waals surface area (Å²) in [5.74, 6) is -0.465. The number of fused-ring (bicyclic) bond motifs is 1. The molecule has 2 N–H and O–H groups in total. The number of hydrogen-bond acceptors (Lipinski definition) is 5. The van der Waals surface area contributed by atoms with E-state index in [1.54, 1.807) is 24.3 Å². The highest BCUT2D eigenvalue weighted by Crippen LogP contribution is 2.29. The summed E-state index contributed by atoms with van der Waals surface area (Å²) in [6.45, 7) is 1.84. The average Bonchev–Trinajstić information content (AvgIpc) is 3.19. The standard InChI is InChI=1S/C18H12BrN3O4/c1-9-13-8-11(19)5-6-14(13)25-15(9)17(23)20-12-4-2-3-10(7-12)16-21-18(24)26-22-16/h2-8H,1H3,(H,20,23)(H,21,22,24). The Labute approximate surface area is 155 Å². The molecule has 8 heteroatoms. The quantitative estimate of drug-likeness (QED) is 0.526. The molecule has 2 aromatic carbocycles. The molecule has 4 aromatic rings. The molecule has 4 rings (SSSR count). The molecule has 0 unspecified atom stereocenters. The SMILES string of the molecule is Cc1c(C(=O)Nc2cccc(-c3noc(=O)[nH]3)c2)oc2ccc(Br)cc12. The molecule has 0 aliphatic carbocycles. The van der Waals surface area contributed by atoms with Crippen molar-refractivity contribution in [3.8, 4) is 11.4 Å². The zero-order valence-corrected chi connectivity index (χ0v) is 15.1. The molecule has 0 aliphatic rings. The number of carbonyl (C=O) groups excluding carboxylic acids is 1. The predicted molar refractivity (Wildman–Crippen MR) is 99.2 cm³/mol. The van der Waals surface area contributed by atoms with Gasteiger partial charge in [-0.2, -0.15) is 0 Å². The van der Waals surface area contributed by atoms with Crippen molar-refractivity contribution in [2.75, 3.05) is 5.32 Å². The third-order valence-electron chi connectivity index (χ3n) is 3.94. The lowest BCUT2D eigenvalue weighted by Crippen LogP contribution is -2.12. The van der Waals surface area contributed by atoms with Gasteiger partial charge in [0.1, 0.15) is 5.58 Å². The maximum Gasteiger partial charge on any atom is 0.439 e. The smallest absolute Gasteiger partial charge is 0.439 e. The Morgan fingerprint density at radius 2 is 2.08 bits per heavy atom. The van der Waals surface area contributed by atoms with Crippen LogP contribution in [0.1, 0.15) is 16.1 Å². The summed E-state index contributed by atoms with van der Waals surface area (Å²) >= 11 is 3.42. The number of halogens is 1. The highest BCUT2D eigenvalue weighted by molar-refractivity contribution is 9.10. The number of nitrogens with one attached hydrogen (secondary N) is 2. The van der Waals surface area contributed by atoms with Crippen molar-refractivity contribution < 1.29 is 13.7 Å². The molecule has 1 amide bonds. The van der Waals surface area contributed by atoms with Gasteiger partial charge in [0.25, 0.3) is 5.91 Å². The second-order valence-corrected chi connectivity index (χ2v) is 6.59. The van der Waals surface area contributed by atoms with Gasteiger partial charge in [0.05, 0.1) is 0 Å². The Hall–Kier alpha value is -3.13. The summed E-state index contributed by atoms with van der Waals surface area (Å²) in [6.07, 6.45) is 0. The van der Waals surface area contributed by atoms with Crippen LogP contribution in [0.2, 0.25) is 0 Å². The van der Waals surface area contributed by atoms with E-state index in [9.17, 15) is 9.59 Å².